The number of hydrogen-bond donors (Lipinski definition) is 4. The molecule has 82 valence electrons. The Kier molecular flexibility index (Phi) is 3.67. The van der Waals surface area contributed by atoms with Gasteiger partial charge < -0.3 is 15.7 Å². The van der Waals surface area contributed by atoms with E-state index in [1.165, 1.54) is 12.4 Å². The smallest absolute Gasteiger partial charge is 0.326 e. The zero-order valence-corrected chi connectivity index (χ0v) is 8.15. The fourth-order valence-electron chi connectivity index (χ4n) is 0.983. The summed E-state index contributed by atoms with van der Waals surface area (Å²) in [5, 5.41) is 19.6. The van der Waals surface area contributed by atoms with Crippen molar-refractivity contribution >= 4 is 17.7 Å². The molecule has 1 heterocycles. The number of aromatic amines is 1. The molecule has 15 heavy (non-hydrogen) atoms. The van der Waals surface area contributed by atoms with Crippen molar-refractivity contribution in [2.45, 2.75) is 19.4 Å². The van der Waals surface area contributed by atoms with Crippen LogP contribution in [0.25, 0.3) is 0 Å². The van der Waals surface area contributed by atoms with Gasteiger partial charge in [-0.05, 0) is 6.42 Å². The van der Waals surface area contributed by atoms with Crippen LogP contribution >= 0.6 is 0 Å². The maximum Gasteiger partial charge on any atom is 0.326 e. The number of nitrogens with zero attached hydrogens (tertiary/aromatic N) is 1. The Balaban J connectivity index is 2.45. The highest BCUT2D eigenvalue weighted by Gasteiger charge is 2.17. The monoisotopic (exact) mass is 212 g/mol. The Bertz CT molecular complexity index is 336. The Morgan fingerprint density at radius 3 is 2.87 bits per heavy atom. The molecule has 0 unspecified atom stereocenters. The molecule has 1 rings (SSSR count). The summed E-state index contributed by atoms with van der Waals surface area (Å²) >= 11 is 0. The third-order valence-electron chi connectivity index (χ3n) is 1.77. The van der Waals surface area contributed by atoms with Crippen molar-refractivity contribution in [3.05, 3.63) is 12.4 Å². The lowest BCUT2D eigenvalue weighted by atomic mass is 10.2. The predicted molar refractivity (Wildman–Crippen MR) is 52.5 cm³/mol. The summed E-state index contributed by atoms with van der Waals surface area (Å²) in [4.78, 5) is 21.9. The minimum absolute atomic E-state index is 0.328. The van der Waals surface area contributed by atoms with E-state index in [1.807, 2.05) is 0 Å². The largest absolute Gasteiger partial charge is 0.480 e. The van der Waals surface area contributed by atoms with Gasteiger partial charge in [-0.3, -0.25) is 5.10 Å². The molecule has 0 aliphatic rings. The van der Waals surface area contributed by atoms with Crippen LogP contribution in [0.4, 0.5) is 10.5 Å². The van der Waals surface area contributed by atoms with Crippen LogP contribution in [0.1, 0.15) is 13.3 Å². The van der Waals surface area contributed by atoms with E-state index >= 15 is 0 Å². The van der Waals surface area contributed by atoms with E-state index in [9.17, 15) is 9.59 Å². The molecule has 7 heteroatoms. The summed E-state index contributed by atoms with van der Waals surface area (Å²) in [5.41, 5.74) is 0.479. The van der Waals surface area contributed by atoms with Gasteiger partial charge in [0.15, 0.2) is 0 Å². The average Bonchev–Trinajstić information content (AvgIpc) is 2.66. The molecule has 0 spiro atoms. The Morgan fingerprint density at radius 1 is 1.67 bits per heavy atom. The standard InChI is InChI=1S/C8H12N4O3/c1-2-6(7(13)14)12-8(15)11-5-3-9-10-4-5/h3-4,6H,2H2,1H3,(H,9,10)(H,13,14)(H2,11,12,15)/t6-/m1/s1. The molecular weight excluding hydrogens is 200 g/mol. The molecule has 1 aromatic heterocycles. The number of H-pyrrole nitrogens is 1. The maximum atomic E-state index is 11.3. The van der Waals surface area contributed by atoms with Crippen LogP contribution in [0.3, 0.4) is 0 Å². The van der Waals surface area contributed by atoms with Gasteiger partial charge in [-0.2, -0.15) is 5.10 Å². The highest BCUT2D eigenvalue weighted by atomic mass is 16.4. The van der Waals surface area contributed by atoms with Crippen LogP contribution < -0.4 is 10.6 Å². The Morgan fingerprint density at radius 2 is 2.40 bits per heavy atom. The first-order chi connectivity index (χ1) is 7.13. The van der Waals surface area contributed by atoms with Crippen molar-refractivity contribution in [2.75, 3.05) is 5.32 Å². The number of nitrogens with one attached hydrogen (secondary N) is 3. The van der Waals surface area contributed by atoms with Gasteiger partial charge in [0.2, 0.25) is 0 Å². The number of urea groups is 1. The number of carboxylic acid groups (broad SMARTS) is 1. The molecule has 2 amide bonds. The summed E-state index contributed by atoms with van der Waals surface area (Å²) in [6, 6.07) is -1.44. The van der Waals surface area contributed by atoms with Gasteiger partial charge >= 0.3 is 12.0 Å². The van der Waals surface area contributed by atoms with Crippen molar-refractivity contribution in [3.8, 4) is 0 Å². The van der Waals surface area contributed by atoms with Crippen LogP contribution in [0.15, 0.2) is 12.4 Å². The van der Waals surface area contributed by atoms with Gasteiger partial charge in [-0.25, -0.2) is 9.59 Å². The van der Waals surface area contributed by atoms with E-state index < -0.39 is 18.0 Å². The zero-order chi connectivity index (χ0) is 11.3. The fraction of sp³-hybridized carbons (Fsp3) is 0.375. The maximum absolute atomic E-state index is 11.3. The number of amides is 2. The lowest BCUT2D eigenvalue weighted by Gasteiger charge is -2.11. The molecule has 7 nitrogen and oxygen atoms in total. The highest BCUT2D eigenvalue weighted by molar-refractivity contribution is 5.91. The minimum Gasteiger partial charge on any atom is -0.480 e. The molecule has 0 aliphatic carbocycles. The summed E-state index contributed by atoms with van der Waals surface area (Å²) in [7, 11) is 0. The van der Waals surface area contributed by atoms with Gasteiger partial charge in [0.25, 0.3) is 0 Å². The second-order valence-corrected chi connectivity index (χ2v) is 2.88. The van der Waals surface area contributed by atoms with Crippen LogP contribution in [-0.4, -0.2) is 33.3 Å². The predicted octanol–water partition coefficient (Wildman–Crippen LogP) is 0.394. The van der Waals surface area contributed by atoms with Crippen molar-refractivity contribution in [3.63, 3.8) is 0 Å². The molecule has 1 atom stereocenters. The van der Waals surface area contributed by atoms with E-state index in [0.29, 0.717) is 12.1 Å². The van der Waals surface area contributed by atoms with E-state index in [2.05, 4.69) is 20.8 Å². The van der Waals surface area contributed by atoms with Gasteiger partial charge in [0, 0.05) is 6.20 Å². The highest BCUT2D eigenvalue weighted by Crippen LogP contribution is 2.00. The lowest BCUT2D eigenvalue weighted by Crippen LogP contribution is -2.42. The van der Waals surface area contributed by atoms with E-state index in [1.54, 1.807) is 6.92 Å². The first-order valence-corrected chi connectivity index (χ1v) is 4.42. The number of anilines is 1. The zero-order valence-electron chi connectivity index (χ0n) is 8.15. The van der Waals surface area contributed by atoms with Gasteiger partial charge in [-0.1, -0.05) is 6.92 Å². The SMILES string of the molecule is CC[C@@H](NC(=O)Nc1cn[nH]c1)C(=O)O. The quantitative estimate of drug-likeness (QED) is 0.579. The molecule has 0 aliphatic heterocycles. The summed E-state index contributed by atoms with van der Waals surface area (Å²) in [5.74, 6) is -1.06. The van der Waals surface area contributed by atoms with E-state index in [0.717, 1.165) is 0 Å². The summed E-state index contributed by atoms with van der Waals surface area (Å²) in [6.45, 7) is 1.68. The third kappa shape index (κ3) is 3.29. The van der Waals surface area contributed by atoms with Crippen molar-refractivity contribution in [2.24, 2.45) is 0 Å². The number of carboxylic acids is 1. The molecule has 0 saturated carbocycles. The van der Waals surface area contributed by atoms with E-state index in [-0.39, 0.29) is 0 Å². The number of carbonyl (C=O) groups is 2. The minimum atomic E-state index is -1.06. The number of aliphatic carboxylic acids is 1. The van der Waals surface area contributed by atoms with Gasteiger partial charge in [0.05, 0.1) is 11.9 Å². The average molecular weight is 212 g/mol. The van der Waals surface area contributed by atoms with Gasteiger partial charge in [-0.15, -0.1) is 0 Å². The molecular formula is C8H12N4O3. The molecule has 0 fully saturated rings. The second kappa shape index (κ2) is 4.99. The summed E-state index contributed by atoms with van der Waals surface area (Å²) < 4.78 is 0. The van der Waals surface area contributed by atoms with E-state index in [4.69, 9.17) is 5.11 Å². The molecule has 4 N–H and O–H groups in total. The third-order valence-corrected chi connectivity index (χ3v) is 1.77. The molecule has 0 bridgehead atoms. The molecule has 0 radical (unpaired) electrons. The molecule has 1 aromatic rings. The Labute approximate surface area is 85.9 Å². The fourth-order valence-corrected chi connectivity index (χ4v) is 0.983. The first-order valence-electron chi connectivity index (χ1n) is 4.42. The number of carbonyl (C=O) groups excluding carboxylic acids is 1. The number of aromatic nitrogens is 2. The normalized spacial score (nSPS) is 11.8. The number of rotatable bonds is 4. The van der Waals surface area contributed by atoms with Crippen LogP contribution in [0.5, 0.6) is 0 Å². The molecule has 0 aromatic carbocycles. The second-order valence-electron chi connectivity index (χ2n) is 2.88. The van der Waals surface area contributed by atoms with Crippen LogP contribution in [0.2, 0.25) is 0 Å². The van der Waals surface area contributed by atoms with Crippen molar-refractivity contribution in [1.82, 2.24) is 15.5 Å². The Hall–Kier alpha value is -2.05. The first kappa shape index (κ1) is 11.0. The summed E-state index contributed by atoms with van der Waals surface area (Å²) in [6.07, 6.45) is 3.23. The molecule has 0 saturated heterocycles. The number of hydrogen-bond acceptors (Lipinski definition) is 3. The topological polar surface area (TPSA) is 107 Å². The lowest BCUT2D eigenvalue weighted by molar-refractivity contribution is -0.139. The van der Waals surface area contributed by atoms with Gasteiger partial charge in [0.1, 0.15) is 6.04 Å². The van der Waals surface area contributed by atoms with Crippen molar-refractivity contribution in [1.29, 1.82) is 0 Å². The van der Waals surface area contributed by atoms with Crippen molar-refractivity contribution < 1.29 is 14.7 Å². The van der Waals surface area contributed by atoms with Crippen LogP contribution in [-0.2, 0) is 4.79 Å². The van der Waals surface area contributed by atoms with Crippen LogP contribution in [0, 0.1) is 0 Å².